The average Bonchev–Trinajstić information content (AvgIpc) is 2.64. The van der Waals surface area contributed by atoms with Crippen molar-refractivity contribution < 1.29 is 4.79 Å². The number of aryl methyl sites for hydroxylation is 2. The van der Waals surface area contributed by atoms with Gasteiger partial charge in [-0.25, -0.2) is 4.98 Å². The lowest BCUT2D eigenvalue weighted by Gasteiger charge is -2.11. The zero-order chi connectivity index (χ0) is 18.5. The number of hydrogen-bond donors (Lipinski definition) is 1. The second-order valence-corrected chi connectivity index (χ2v) is 6.90. The third kappa shape index (κ3) is 4.11. The molecule has 3 aromatic rings. The predicted molar refractivity (Wildman–Crippen MR) is 103 cm³/mol. The van der Waals surface area contributed by atoms with Crippen LogP contribution in [0, 0.1) is 25.2 Å². The van der Waals surface area contributed by atoms with E-state index in [2.05, 4.69) is 29.4 Å². The Balaban J connectivity index is 1.86. The summed E-state index contributed by atoms with van der Waals surface area (Å²) in [5.74, 6) is -0.250. The summed E-state index contributed by atoms with van der Waals surface area (Å²) in [6, 6.07) is 18.6. The van der Waals surface area contributed by atoms with Crippen molar-refractivity contribution in [1.29, 1.82) is 5.26 Å². The Morgan fingerprint density at radius 1 is 1.12 bits per heavy atom. The van der Waals surface area contributed by atoms with Crippen LogP contribution in [-0.2, 0) is 0 Å². The number of nitrogens with one attached hydrogen (secondary N) is 1. The molecule has 0 atom stereocenters. The lowest BCUT2D eigenvalue weighted by molar-refractivity contribution is 0.102. The number of carbonyl (C=O) groups excluding carboxylic acids is 1. The largest absolute Gasteiger partial charge is 0.322 e. The van der Waals surface area contributed by atoms with E-state index in [0.717, 1.165) is 10.5 Å². The van der Waals surface area contributed by atoms with Crippen molar-refractivity contribution in [2.75, 3.05) is 5.32 Å². The van der Waals surface area contributed by atoms with Crippen LogP contribution in [0.3, 0.4) is 0 Å². The highest BCUT2D eigenvalue weighted by Crippen LogP contribution is 2.31. The van der Waals surface area contributed by atoms with Crippen molar-refractivity contribution >= 4 is 23.4 Å². The minimum absolute atomic E-state index is 0.250. The number of carbonyl (C=O) groups is 1. The van der Waals surface area contributed by atoms with Crippen molar-refractivity contribution in [2.24, 2.45) is 0 Å². The van der Waals surface area contributed by atoms with Gasteiger partial charge < -0.3 is 5.32 Å². The number of anilines is 1. The molecule has 0 unspecified atom stereocenters. The summed E-state index contributed by atoms with van der Waals surface area (Å²) in [5, 5.41) is 12.5. The molecule has 0 fully saturated rings. The van der Waals surface area contributed by atoms with Gasteiger partial charge in [0, 0.05) is 16.8 Å². The van der Waals surface area contributed by atoms with Gasteiger partial charge in [0.1, 0.15) is 5.03 Å². The van der Waals surface area contributed by atoms with Gasteiger partial charge in [0.15, 0.2) is 0 Å². The van der Waals surface area contributed by atoms with Crippen LogP contribution in [0.4, 0.5) is 5.69 Å². The third-order valence-electron chi connectivity index (χ3n) is 3.80. The lowest BCUT2D eigenvalue weighted by atomic mass is 10.2. The Labute approximate surface area is 156 Å². The molecule has 0 aliphatic rings. The second-order valence-electron chi connectivity index (χ2n) is 5.87. The smallest absolute Gasteiger partial charge is 0.258 e. The van der Waals surface area contributed by atoms with Crippen molar-refractivity contribution in [3.8, 4) is 6.07 Å². The molecule has 4 nitrogen and oxygen atoms in total. The molecule has 0 aliphatic carbocycles. The summed E-state index contributed by atoms with van der Waals surface area (Å²) < 4.78 is 0. The summed E-state index contributed by atoms with van der Waals surface area (Å²) >= 11 is 1.47. The van der Waals surface area contributed by atoms with Gasteiger partial charge in [-0.05, 0) is 55.8 Å². The second kappa shape index (κ2) is 7.85. The first kappa shape index (κ1) is 17.7. The minimum atomic E-state index is -0.250. The highest BCUT2D eigenvalue weighted by atomic mass is 32.2. The van der Waals surface area contributed by atoms with Gasteiger partial charge in [0.25, 0.3) is 5.91 Å². The van der Waals surface area contributed by atoms with Crippen molar-refractivity contribution in [2.45, 2.75) is 23.8 Å². The molecule has 0 radical (unpaired) electrons. The summed E-state index contributed by atoms with van der Waals surface area (Å²) in [5.41, 5.74) is 3.93. The van der Waals surface area contributed by atoms with E-state index in [4.69, 9.17) is 5.26 Å². The molecule has 1 N–H and O–H groups in total. The van der Waals surface area contributed by atoms with E-state index in [9.17, 15) is 4.79 Å². The Morgan fingerprint density at radius 2 is 1.96 bits per heavy atom. The first-order valence-electron chi connectivity index (χ1n) is 8.08. The number of aromatic nitrogens is 1. The number of rotatable bonds is 4. The van der Waals surface area contributed by atoms with Crippen LogP contribution < -0.4 is 5.32 Å². The van der Waals surface area contributed by atoms with E-state index < -0.39 is 0 Å². The topological polar surface area (TPSA) is 65.8 Å². The number of benzene rings is 2. The lowest BCUT2D eigenvalue weighted by Crippen LogP contribution is -2.13. The number of pyridine rings is 1. The maximum Gasteiger partial charge on any atom is 0.258 e. The molecule has 0 saturated carbocycles. The molecule has 1 aromatic heterocycles. The maximum absolute atomic E-state index is 12.7. The number of nitriles is 1. The van der Waals surface area contributed by atoms with Gasteiger partial charge >= 0.3 is 0 Å². The fourth-order valence-corrected chi connectivity index (χ4v) is 3.48. The molecule has 26 heavy (non-hydrogen) atoms. The van der Waals surface area contributed by atoms with Crippen LogP contribution in [0.2, 0.25) is 0 Å². The van der Waals surface area contributed by atoms with Crippen molar-refractivity contribution in [3.05, 3.63) is 83.0 Å². The van der Waals surface area contributed by atoms with E-state index in [1.165, 1.54) is 17.3 Å². The van der Waals surface area contributed by atoms with E-state index in [1.807, 2.05) is 19.1 Å². The highest BCUT2D eigenvalue weighted by molar-refractivity contribution is 7.99. The van der Waals surface area contributed by atoms with Crippen molar-refractivity contribution in [1.82, 2.24) is 4.98 Å². The summed E-state index contributed by atoms with van der Waals surface area (Å²) in [4.78, 5) is 18.2. The van der Waals surface area contributed by atoms with Crippen LogP contribution in [0.15, 0.2) is 70.7 Å². The van der Waals surface area contributed by atoms with E-state index in [-0.39, 0.29) is 5.91 Å². The predicted octanol–water partition coefficient (Wildman–Crippen LogP) is 4.97. The molecule has 0 saturated heterocycles. The van der Waals surface area contributed by atoms with Gasteiger partial charge in [-0.3, -0.25) is 4.79 Å². The Bertz CT molecular complexity index is 1010. The van der Waals surface area contributed by atoms with Crippen LogP contribution in [0.1, 0.15) is 27.0 Å². The first-order valence-corrected chi connectivity index (χ1v) is 8.90. The Hall–Kier alpha value is -3.10. The van der Waals surface area contributed by atoms with Crippen LogP contribution >= 0.6 is 11.8 Å². The monoisotopic (exact) mass is 359 g/mol. The van der Waals surface area contributed by atoms with Crippen molar-refractivity contribution in [3.63, 3.8) is 0 Å². The van der Waals surface area contributed by atoms with Crippen LogP contribution in [0.5, 0.6) is 0 Å². The highest BCUT2D eigenvalue weighted by Gasteiger charge is 2.14. The molecule has 5 heteroatoms. The standard InChI is InChI=1S/C21H17N3OS/c1-14-8-9-19(15(2)11-14)26-21-18(7-4-10-23-21)20(25)24-17-6-3-5-16(12-17)13-22/h3-12H,1-2H3,(H,24,25). The molecule has 128 valence electrons. The normalized spacial score (nSPS) is 10.2. The molecule has 3 rings (SSSR count). The van der Waals surface area contributed by atoms with Gasteiger partial charge in [0.05, 0.1) is 17.2 Å². The van der Waals surface area contributed by atoms with E-state index >= 15 is 0 Å². The molecule has 2 aromatic carbocycles. The molecule has 0 aliphatic heterocycles. The Morgan fingerprint density at radius 3 is 2.73 bits per heavy atom. The third-order valence-corrected chi connectivity index (χ3v) is 5.00. The fourth-order valence-electron chi connectivity index (χ4n) is 2.53. The quantitative estimate of drug-likeness (QED) is 0.714. The minimum Gasteiger partial charge on any atom is -0.322 e. The van der Waals surface area contributed by atoms with E-state index in [0.29, 0.717) is 21.8 Å². The maximum atomic E-state index is 12.7. The summed E-state index contributed by atoms with van der Waals surface area (Å²) in [6.07, 6.45) is 1.68. The van der Waals surface area contributed by atoms with E-state index in [1.54, 1.807) is 42.6 Å². The van der Waals surface area contributed by atoms with Gasteiger partial charge in [-0.1, -0.05) is 35.5 Å². The number of hydrogen-bond acceptors (Lipinski definition) is 4. The summed E-state index contributed by atoms with van der Waals surface area (Å²) in [7, 11) is 0. The molecular weight excluding hydrogens is 342 g/mol. The first-order chi connectivity index (χ1) is 12.6. The number of amides is 1. The Kier molecular flexibility index (Phi) is 5.35. The van der Waals surface area contributed by atoms with Crippen LogP contribution in [-0.4, -0.2) is 10.9 Å². The average molecular weight is 359 g/mol. The van der Waals surface area contributed by atoms with Gasteiger partial charge in [-0.15, -0.1) is 0 Å². The fraction of sp³-hybridized carbons (Fsp3) is 0.0952. The molecule has 1 amide bonds. The van der Waals surface area contributed by atoms with Gasteiger partial charge in [-0.2, -0.15) is 5.26 Å². The molecular formula is C21H17N3OS. The van der Waals surface area contributed by atoms with Crippen LogP contribution in [0.25, 0.3) is 0 Å². The zero-order valence-electron chi connectivity index (χ0n) is 14.5. The summed E-state index contributed by atoms with van der Waals surface area (Å²) in [6.45, 7) is 4.10. The SMILES string of the molecule is Cc1ccc(Sc2ncccc2C(=O)Nc2cccc(C#N)c2)c(C)c1. The molecule has 0 bridgehead atoms. The molecule has 0 spiro atoms. The zero-order valence-corrected chi connectivity index (χ0v) is 15.3. The molecule has 1 heterocycles. The number of nitrogens with zero attached hydrogens (tertiary/aromatic N) is 2. The van der Waals surface area contributed by atoms with Gasteiger partial charge in [0.2, 0.25) is 0 Å².